The molecule has 2 aromatic rings. The van der Waals surface area contributed by atoms with Crippen molar-refractivity contribution in [3.63, 3.8) is 0 Å². The van der Waals surface area contributed by atoms with Crippen molar-refractivity contribution in [2.75, 3.05) is 18.4 Å². The lowest BCUT2D eigenvalue weighted by Gasteiger charge is -2.32. The molecule has 7 nitrogen and oxygen atoms in total. The Morgan fingerprint density at radius 3 is 2.52 bits per heavy atom. The molecule has 1 aromatic carbocycles. The number of carbonyl (C=O) groups is 2. The van der Waals surface area contributed by atoms with Crippen LogP contribution in [0.4, 0.5) is 5.69 Å². The fourth-order valence-corrected chi connectivity index (χ4v) is 3.77. The molecule has 3 rings (SSSR count). The molecule has 1 saturated heterocycles. The number of hydrogen-bond acceptors (Lipinski definition) is 4. The van der Waals surface area contributed by atoms with E-state index in [1.807, 2.05) is 0 Å². The van der Waals surface area contributed by atoms with Crippen LogP contribution < -0.4 is 10.6 Å². The Balaban J connectivity index is 1.64. The van der Waals surface area contributed by atoms with Gasteiger partial charge in [-0.1, -0.05) is 42.4 Å². The highest BCUT2D eigenvalue weighted by molar-refractivity contribution is 6.40. The highest BCUT2D eigenvalue weighted by Crippen LogP contribution is 2.27. The maximum Gasteiger partial charge on any atom is 0.258 e. The Labute approximate surface area is 178 Å². The molecule has 0 saturated carbocycles. The first-order valence-corrected chi connectivity index (χ1v) is 9.82. The number of amides is 2. The van der Waals surface area contributed by atoms with Crippen LogP contribution in [0, 0.1) is 0 Å². The average molecular weight is 434 g/mol. The standard InChI is InChI=1S/C20H21Cl2N5O2/c1-3-17(28)27-9-7-13(8-10-27)24-12(2)19-16(11-23-26-19)25-20(29)18-14(21)5-4-6-15(18)22/h3-6,11,13,24H,1-2,7-10H2,(H,23,26)(H,25,29). The van der Waals surface area contributed by atoms with Crippen molar-refractivity contribution in [1.82, 2.24) is 20.4 Å². The highest BCUT2D eigenvalue weighted by atomic mass is 35.5. The maximum atomic E-state index is 12.6. The third kappa shape index (κ3) is 4.81. The zero-order valence-corrected chi connectivity index (χ0v) is 17.2. The smallest absolute Gasteiger partial charge is 0.258 e. The minimum Gasteiger partial charge on any atom is -0.381 e. The lowest BCUT2D eigenvalue weighted by atomic mass is 10.0. The topological polar surface area (TPSA) is 90.1 Å². The highest BCUT2D eigenvalue weighted by Gasteiger charge is 2.23. The van der Waals surface area contributed by atoms with E-state index >= 15 is 0 Å². The van der Waals surface area contributed by atoms with Gasteiger partial charge in [-0.15, -0.1) is 0 Å². The van der Waals surface area contributed by atoms with Gasteiger partial charge in [0, 0.05) is 19.1 Å². The summed E-state index contributed by atoms with van der Waals surface area (Å²) < 4.78 is 0. The molecular weight excluding hydrogens is 413 g/mol. The molecule has 9 heteroatoms. The number of anilines is 1. The van der Waals surface area contributed by atoms with Crippen molar-refractivity contribution in [1.29, 1.82) is 0 Å². The molecule has 1 fully saturated rings. The van der Waals surface area contributed by atoms with E-state index in [0.29, 0.717) is 30.2 Å². The van der Waals surface area contributed by atoms with E-state index in [1.165, 1.54) is 12.3 Å². The van der Waals surface area contributed by atoms with E-state index in [2.05, 4.69) is 34.0 Å². The summed E-state index contributed by atoms with van der Waals surface area (Å²) in [6.45, 7) is 8.87. The normalized spacial score (nSPS) is 14.3. The zero-order valence-electron chi connectivity index (χ0n) is 15.7. The van der Waals surface area contributed by atoms with Gasteiger partial charge in [0.2, 0.25) is 5.91 Å². The van der Waals surface area contributed by atoms with E-state index < -0.39 is 5.91 Å². The number of aromatic amines is 1. The zero-order chi connectivity index (χ0) is 21.0. The van der Waals surface area contributed by atoms with Gasteiger partial charge in [-0.25, -0.2) is 0 Å². The Bertz CT molecular complexity index is 928. The number of aromatic nitrogens is 2. The van der Waals surface area contributed by atoms with Gasteiger partial charge >= 0.3 is 0 Å². The third-order valence-corrected chi connectivity index (χ3v) is 5.37. The summed E-state index contributed by atoms with van der Waals surface area (Å²) in [5.74, 6) is -0.494. The largest absolute Gasteiger partial charge is 0.381 e. The second-order valence-electron chi connectivity index (χ2n) is 6.64. The van der Waals surface area contributed by atoms with Gasteiger partial charge < -0.3 is 15.5 Å². The van der Waals surface area contributed by atoms with Gasteiger partial charge in [-0.05, 0) is 31.1 Å². The molecule has 0 radical (unpaired) electrons. The molecule has 1 aliphatic rings. The number of benzene rings is 1. The van der Waals surface area contributed by atoms with Crippen LogP contribution in [0.2, 0.25) is 10.0 Å². The monoisotopic (exact) mass is 433 g/mol. The van der Waals surface area contributed by atoms with Gasteiger partial charge in [-0.3, -0.25) is 14.7 Å². The Morgan fingerprint density at radius 2 is 1.90 bits per heavy atom. The Kier molecular flexibility index (Phi) is 6.61. The molecule has 0 unspecified atom stereocenters. The minimum absolute atomic E-state index is 0.0564. The fraction of sp³-hybridized carbons (Fsp3) is 0.250. The number of nitrogens with zero attached hydrogens (tertiary/aromatic N) is 2. The van der Waals surface area contributed by atoms with E-state index in [-0.39, 0.29) is 27.6 Å². The summed E-state index contributed by atoms with van der Waals surface area (Å²) in [4.78, 5) is 26.1. The molecular formula is C20H21Cl2N5O2. The molecule has 0 bridgehead atoms. The number of halogens is 2. The molecule has 0 atom stereocenters. The number of piperidine rings is 1. The summed E-state index contributed by atoms with van der Waals surface area (Å²) in [5.41, 5.74) is 1.81. The number of hydrogen-bond donors (Lipinski definition) is 3. The summed E-state index contributed by atoms with van der Waals surface area (Å²) in [6, 6.07) is 5.02. The first-order valence-electron chi connectivity index (χ1n) is 9.06. The SMILES string of the molecule is C=CC(=O)N1CCC(NC(=C)c2[nH]ncc2NC(=O)c2c(Cl)cccc2Cl)CC1. The van der Waals surface area contributed by atoms with Crippen molar-refractivity contribution in [3.05, 3.63) is 64.9 Å². The third-order valence-electron chi connectivity index (χ3n) is 4.74. The van der Waals surface area contributed by atoms with Crippen molar-refractivity contribution >= 4 is 46.4 Å². The second kappa shape index (κ2) is 9.15. The van der Waals surface area contributed by atoms with Gasteiger partial charge in [0.15, 0.2) is 0 Å². The predicted octanol–water partition coefficient (Wildman–Crippen LogP) is 3.71. The van der Waals surface area contributed by atoms with E-state index in [1.54, 1.807) is 23.1 Å². The van der Waals surface area contributed by atoms with Crippen molar-refractivity contribution < 1.29 is 9.59 Å². The number of likely N-dealkylation sites (tertiary alicyclic amines) is 1. The van der Waals surface area contributed by atoms with Gasteiger partial charge in [-0.2, -0.15) is 5.10 Å². The van der Waals surface area contributed by atoms with Gasteiger partial charge in [0.25, 0.3) is 5.91 Å². The molecule has 0 spiro atoms. The molecule has 3 N–H and O–H groups in total. The number of rotatable bonds is 6. The fourth-order valence-electron chi connectivity index (χ4n) is 3.20. The van der Waals surface area contributed by atoms with Crippen LogP contribution in [0.3, 0.4) is 0 Å². The molecule has 2 heterocycles. The van der Waals surface area contributed by atoms with Crippen molar-refractivity contribution in [2.24, 2.45) is 0 Å². The van der Waals surface area contributed by atoms with Gasteiger partial charge in [0.1, 0.15) is 5.69 Å². The summed E-state index contributed by atoms with van der Waals surface area (Å²) in [6.07, 6.45) is 4.39. The lowest BCUT2D eigenvalue weighted by molar-refractivity contribution is -0.127. The van der Waals surface area contributed by atoms with E-state index in [9.17, 15) is 9.59 Å². The van der Waals surface area contributed by atoms with Crippen LogP contribution in [-0.2, 0) is 4.79 Å². The van der Waals surface area contributed by atoms with Crippen LogP contribution in [-0.4, -0.2) is 46.0 Å². The van der Waals surface area contributed by atoms with Crippen LogP contribution >= 0.6 is 23.2 Å². The summed E-state index contributed by atoms with van der Waals surface area (Å²) in [5, 5.41) is 13.5. The van der Waals surface area contributed by atoms with E-state index in [0.717, 1.165) is 12.8 Å². The first kappa shape index (κ1) is 21.0. The Morgan fingerprint density at radius 1 is 1.24 bits per heavy atom. The maximum absolute atomic E-state index is 12.6. The lowest BCUT2D eigenvalue weighted by Crippen LogP contribution is -2.43. The molecule has 0 aliphatic carbocycles. The van der Waals surface area contributed by atoms with Crippen LogP contribution in [0.15, 0.2) is 43.6 Å². The molecule has 1 aromatic heterocycles. The van der Waals surface area contributed by atoms with Crippen LogP contribution in [0.1, 0.15) is 28.9 Å². The second-order valence-corrected chi connectivity index (χ2v) is 7.45. The molecule has 152 valence electrons. The number of H-pyrrole nitrogens is 1. The number of nitrogens with one attached hydrogen (secondary N) is 3. The van der Waals surface area contributed by atoms with Crippen LogP contribution in [0.25, 0.3) is 5.70 Å². The summed E-state index contributed by atoms with van der Waals surface area (Å²) >= 11 is 12.2. The predicted molar refractivity (Wildman–Crippen MR) is 115 cm³/mol. The number of carbonyl (C=O) groups excluding carboxylic acids is 2. The van der Waals surface area contributed by atoms with E-state index in [4.69, 9.17) is 23.2 Å². The average Bonchev–Trinajstić information content (AvgIpc) is 3.16. The van der Waals surface area contributed by atoms with Gasteiger partial charge in [0.05, 0.1) is 33.2 Å². The quantitative estimate of drug-likeness (QED) is 0.605. The molecule has 1 aliphatic heterocycles. The summed E-state index contributed by atoms with van der Waals surface area (Å²) in [7, 11) is 0. The van der Waals surface area contributed by atoms with Crippen LogP contribution in [0.5, 0.6) is 0 Å². The van der Waals surface area contributed by atoms with Crippen molar-refractivity contribution in [3.8, 4) is 0 Å². The Hall–Kier alpha value is -2.77. The minimum atomic E-state index is -0.438. The van der Waals surface area contributed by atoms with Crippen molar-refractivity contribution in [2.45, 2.75) is 18.9 Å². The first-order chi connectivity index (χ1) is 13.9. The molecule has 2 amide bonds. The molecule has 29 heavy (non-hydrogen) atoms.